The third-order valence-corrected chi connectivity index (χ3v) is 5.64. The van der Waals surface area contributed by atoms with Crippen LogP contribution in [0.3, 0.4) is 0 Å². The van der Waals surface area contributed by atoms with Crippen LogP contribution in [-0.4, -0.2) is 43.7 Å². The number of hydrogen-bond donors (Lipinski definition) is 1. The molecule has 0 radical (unpaired) electrons. The highest BCUT2D eigenvalue weighted by Gasteiger charge is 2.45. The van der Waals surface area contributed by atoms with Gasteiger partial charge in [-0.2, -0.15) is 0 Å². The Morgan fingerprint density at radius 1 is 1.11 bits per heavy atom. The summed E-state index contributed by atoms with van der Waals surface area (Å²) in [6.45, 7) is 3.25. The summed E-state index contributed by atoms with van der Waals surface area (Å²) in [5, 5.41) is 3.04. The number of rotatable bonds is 6. The Morgan fingerprint density at radius 3 is 2.54 bits per heavy atom. The molecular formula is C22H24F2N2O2. The Kier molecular flexibility index (Phi) is 5.69. The van der Waals surface area contributed by atoms with E-state index < -0.39 is 0 Å². The summed E-state index contributed by atoms with van der Waals surface area (Å²) < 4.78 is 32.7. The Bertz CT molecular complexity index is 822. The predicted octanol–water partition coefficient (Wildman–Crippen LogP) is 3.26. The lowest BCUT2D eigenvalue weighted by Gasteiger charge is -2.35. The quantitative estimate of drug-likeness (QED) is 0.829. The average Bonchev–Trinajstić information content (AvgIpc) is 3.51. The molecule has 148 valence electrons. The van der Waals surface area contributed by atoms with Gasteiger partial charge in [-0.1, -0.05) is 30.3 Å². The van der Waals surface area contributed by atoms with E-state index >= 15 is 0 Å². The van der Waals surface area contributed by atoms with E-state index in [0.29, 0.717) is 31.7 Å². The summed E-state index contributed by atoms with van der Waals surface area (Å²) in [4.78, 5) is 14.9. The highest BCUT2D eigenvalue weighted by atomic mass is 19.1. The van der Waals surface area contributed by atoms with Crippen LogP contribution in [0.4, 0.5) is 8.78 Å². The second-order valence-electron chi connectivity index (χ2n) is 7.43. The molecule has 4 nitrogen and oxygen atoms in total. The topological polar surface area (TPSA) is 41.6 Å². The van der Waals surface area contributed by atoms with Gasteiger partial charge in [0, 0.05) is 25.6 Å². The minimum Gasteiger partial charge on any atom is -0.379 e. The SMILES string of the molecule is O=C(NCC(c1ccc(F)cc1)N1CCOCC1)C1CC1c1ccccc1F. The first-order valence-electron chi connectivity index (χ1n) is 9.73. The van der Waals surface area contributed by atoms with E-state index in [2.05, 4.69) is 10.2 Å². The predicted molar refractivity (Wildman–Crippen MR) is 102 cm³/mol. The Labute approximate surface area is 163 Å². The van der Waals surface area contributed by atoms with Gasteiger partial charge in [0.1, 0.15) is 11.6 Å². The molecule has 6 heteroatoms. The molecule has 3 atom stereocenters. The van der Waals surface area contributed by atoms with Crippen molar-refractivity contribution in [2.24, 2.45) is 5.92 Å². The lowest BCUT2D eigenvalue weighted by Crippen LogP contribution is -2.44. The first-order chi connectivity index (χ1) is 13.6. The van der Waals surface area contributed by atoms with Crippen molar-refractivity contribution >= 4 is 5.91 Å². The molecule has 4 rings (SSSR count). The molecule has 1 amide bonds. The van der Waals surface area contributed by atoms with Crippen molar-refractivity contribution in [3.8, 4) is 0 Å². The van der Waals surface area contributed by atoms with Crippen molar-refractivity contribution in [2.45, 2.75) is 18.4 Å². The molecule has 3 unspecified atom stereocenters. The molecule has 1 aliphatic heterocycles. The van der Waals surface area contributed by atoms with Crippen LogP contribution in [-0.2, 0) is 9.53 Å². The Hall–Kier alpha value is -2.31. The number of amides is 1. The Balaban J connectivity index is 1.40. The zero-order chi connectivity index (χ0) is 19.5. The van der Waals surface area contributed by atoms with Crippen LogP contribution in [0.2, 0.25) is 0 Å². The molecule has 0 bridgehead atoms. The molecule has 2 aliphatic rings. The van der Waals surface area contributed by atoms with E-state index in [0.717, 1.165) is 18.7 Å². The van der Waals surface area contributed by atoms with Gasteiger partial charge in [0.15, 0.2) is 0 Å². The Morgan fingerprint density at radius 2 is 1.82 bits per heavy atom. The van der Waals surface area contributed by atoms with Gasteiger partial charge in [-0.3, -0.25) is 9.69 Å². The van der Waals surface area contributed by atoms with Gasteiger partial charge in [-0.05, 0) is 41.7 Å². The van der Waals surface area contributed by atoms with Gasteiger partial charge in [-0.25, -0.2) is 8.78 Å². The van der Waals surface area contributed by atoms with E-state index in [4.69, 9.17) is 4.74 Å². The number of nitrogens with one attached hydrogen (secondary N) is 1. The summed E-state index contributed by atoms with van der Waals surface area (Å²) in [5.74, 6) is -0.808. The molecule has 0 spiro atoms. The molecule has 1 saturated carbocycles. The van der Waals surface area contributed by atoms with E-state index in [1.807, 2.05) is 0 Å². The van der Waals surface area contributed by atoms with Gasteiger partial charge < -0.3 is 10.1 Å². The van der Waals surface area contributed by atoms with E-state index in [9.17, 15) is 13.6 Å². The minimum absolute atomic E-state index is 0.0425. The zero-order valence-corrected chi connectivity index (χ0v) is 15.6. The van der Waals surface area contributed by atoms with Gasteiger partial charge in [0.2, 0.25) is 5.91 Å². The van der Waals surface area contributed by atoms with Crippen LogP contribution in [0.1, 0.15) is 29.5 Å². The first-order valence-corrected chi connectivity index (χ1v) is 9.73. The van der Waals surface area contributed by atoms with E-state index in [-0.39, 0.29) is 35.4 Å². The summed E-state index contributed by atoms with van der Waals surface area (Å²) in [7, 11) is 0. The highest BCUT2D eigenvalue weighted by Crippen LogP contribution is 2.48. The second kappa shape index (κ2) is 8.37. The number of hydrogen-bond acceptors (Lipinski definition) is 3. The molecule has 1 aliphatic carbocycles. The number of morpholine rings is 1. The number of carbonyl (C=O) groups excluding carboxylic acids is 1. The smallest absolute Gasteiger partial charge is 0.223 e. The third kappa shape index (κ3) is 4.23. The van der Waals surface area contributed by atoms with E-state index in [1.54, 1.807) is 30.3 Å². The van der Waals surface area contributed by atoms with Crippen molar-refractivity contribution in [1.82, 2.24) is 10.2 Å². The molecule has 0 aromatic heterocycles. The number of carbonyl (C=O) groups is 1. The minimum atomic E-state index is -0.278. The van der Waals surface area contributed by atoms with Crippen molar-refractivity contribution < 1.29 is 18.3 Å². The molecule has 1 N–H and O–H groups in total. The summed E-state index contributed by atoms with van der Waals surface area (Å²) in [6.07, 6.45) is 0.672. The summed E-state index contributed by atoms with van der Waals surface area (Å²) >= 11 is 0. The maximum atomic E-state index is 13.9. The molecule has 1 heterocycles. The number of halogens is 2. The molecule has 28 heavy (non-hydrogen) atoms. The molecular weight excluding hydrogens is 362 g/mol. The van der Waals surface area contributed by atoms with Gasteiger partial charge in [-0.15, -0.1) is 0 Å². The monoisotopic (exact) mass is 386 g/mol. The fourth-order valence-electron chi connectivity index (χ4n) is 3.96. The van der Waals surface area contributed by atoms with Crippen LogP contribution in [0.5, 0.6) is 0 Å². The van der Waals surface area contributed by atoms with Crippen LogP contribution in [0.15, 0.2) is 48.5 Å². The lowest BCUT2D eigenvalue weighted by molar-refractivity contribution is -0.122. The normalized spacial score (nSPS) is 23.2. The van der Waals surface area contributed by atoms with Crippen LogP contribution in [0, 0.1) is 17.6 Å². The standard InChI is InChI=1S/C22H24F2N2O2/c23-16-7-5-15(6-8-16)21(26-9-11-28-12-10-26)14-25-22(27)19-13-18(19)17-3-1-2-4-20(17)24/h1-8,18-19,21H,9-14H2,(H,25,27). The fourth-order valence-corrected chi connectivity index (χ4v) is 3.96. The van der Waals surface area contributed by atoms with Crippen molar-refractivity contribution in [3.05, 3.63) is 71.3 Å². The molecule has 2 aromatic rings. The van der Waals surface area contributed by atoms with E-state index in [1.165, 1.54) is 18.2 Å². The number of ether oxygens (including phenoxy) is 1. The fraction of sp³-hybridized carbons (Fsp3) is 0.409. The number of benzene rings is 2. The largest absolute Gasteiger partial charge is 0.379 e. The van der Waals surface area contributed by atoms with Gasteiger partial charge in [0.05, 0.1) is 19.3 Å². The first kappa shape index (κ1) is 19.0. The van der Waals surface area contributed by atoms with Crippen LogP contribution < -0.4 is 5.32 Å². The molecule has 1 saturated heterocycles. The zero-order valence-electron chi connectivity index (χ0n) is 15.6. The molecule has 2 fully saturated rings. The number of nitrogens with zero attached hydrogens (tertiary/aromatic N) is 1. The average molecular weight is 386 g/mol. The summed E-state index contributed by atoms with van der Waals surface area (Å²) in [6, 6.07) is 13.0. The summed E-state index contributed by atoms with van der Waals surface area (Å²) in [5.41, 5.74) is 1.58. The van der Waals surface area contributed by atoms with Crippen molar-refractivity contribution in [3.63, 3.8) is 0 Å². The van der Waals surface area contributed by atoms with Gasteiger partial charge >= 0.3 is 0 Å². The highest BCUT2D eigenvalue weighted by molar-refractivity contribution is 5.83. The van der Waals surface area contributed by atoms with Crippen LogP contribution in [0.25, 0.3) is 0 Å². The maximum absolute atomic E-state index is 13.9. The van der Waals surface area contributed by atoms with Gasteiger partial charge in [0.25, 0.3) is 0 Å². The lowest BCUT2D eigenvalue weighted by atomic mass is 10.0. The van der Waals surface area contributed by atoms with Crippen LogP contribution >= 0.6 is 0 Å². The van der Waals surface area contributed by atoms with Crippen molar-refractivity contribution in [2.75, 3.05) is 32.8 Å². The second-order valence-corrected chi connectivity index (χ2v) is 7.43. The third-order valence-electron chi connectivity index (χ3n) is 5.64. The van der Waals surface area contributed by atoms with Crippen molar-refractivity contribution in [1.29, 1.82) is 0 Å². The maximum Gasteiger partial charge on any atom is 0.223 e. The molecule has 2 aromatic carbocycles.